The normalized spacial score (nSPS) is 16.1. The average Bonchev–Trinajstić information content (AvgIpc) is 2.28. The largest absolute Gasteiger partial charge is 0.399 e. The smallest absolute Gasteiger partial charge is 0.0403 e. The molecule has 16 heavy (non-hydrogen) atoms. The quantitative estimate of drug-likeness (QED) is 0.800. The summed E-state index contributed by atoms with van der Waals surface area (Å²) in [5.74, 6) is 0. The summed E-state index contributed by atoms with van der Waals surface area (Å²) >= 11 is 5.71. The average molecular weight is 237 g/mol. The van der Waals surface area contributed by atoms with Gasteiger partial charge in [0.2, 0.25) is 0 Å². The summed E-state index contributed by atoms with van der Waals surface area (Å²) in [6, 6.07) is 6.17. The van der Waals surface area contributed by atoms with Crippen molar-refractivity contribution in [3.63, 3.8) is 0 Å². The molecule has 2 nitrogen and oxygen atoms in total. The Balaban J connectivity index is 2.26. The minimum Gasteiger partial charge on any atom is -0.399 e. The first kappa shape index (κ1) is 11.3. The Kier molecular flexibility index (Phi) is 3.39. The summed E-state index contributed by atoms with van der Waals surface area (Å²) in [4.78, 5) is 2.37. The molecule has 0 fully saturated rings. The molecule has 1 aliphatic rings. The second-order valence-electron chi connectivity index (χ2n) is 4.37. The molecule has 0 bridgehead atoms. The third-order valence-corrected chi connectivity index (χ3v) is 3.32. The zero-order chi connectivity index (χ0) is 11.5. The summed E-state index contributed by atoms with van der Waals surface area (Å²) in [5, 5.41) is 0. The standard InChI is InChI=1S/C13H17ClN2/c1-10(8-14)9-16-6-2-3-11-7-12(15)4-5-13(11)16/h4-5,7-8H,2-3,6,9,15H2,1H3/b10-8-. The van der Waals surface area contributed by atoms with Gasteiger partial charge in [0.15, 0.2) is 0 Å². The number of aryl methyl sites for hydroxylation is 1. The van der Waals surface area contributed by atoms with Gasteiger partial charge in [0.1, 0.15) is 0 Å². The highest BCUT2D eigenvalue weighted by Crippen LogP contribution is 2.29. The van der Waals surface area contributed by atoms with E-state index in [1.807, 2.05) is 6.07 Å². The van der Waals surface area contributed by atoms with E-state index in [1.54, 1.807) is 5.54 Å². The molecular formula is C13H17ClN2. The monoisotopic (exact) mass is 236 g/mol. The van der Waals surface area contributed by atoms with E-state index in [1.165, 1.54) is 23.2 Å². The van der Waals surface area contributed by atoms with E-state index in [9.17, 15) is 0 Å². The van der Waals surface area contributed by atoms with Crippen LogP contribution in [0.4, 0.5) is 11.4 Å². The Hall–Kier alpha value is -1.15. The summed E-state index contributed by atoms with van der Waals surface area (Å²) < 4.78 is 0. The summed E-state index contributed by atoms with van der Waals surface area (Å²) in [7, 11) is 0. The van der Waals surface area contributed by atoms with Gasteiger partial charge in [-0.15, -0.1) is 0 Å². The van der Waals surface area contributed by atoms with Crippen molar-refractivity contribution in [1.29, 1.82) is 0 Å². The van der Waals surface area contributed by atoms with Gasteiger partial charge in [0, 0.05) is 30.0 Å². The fourth-order valence-corrected chi connectivity index (χ4v) is 2.26. The van der Waals surface area contributed by atoms with Crippen molar-refractivity contribution in [3.8, 4) is 0 Å². The number of nitrogens with two attached hydrogens (primary N) is 1. The predicted molar refractivity (Wildman–Crippen MR) is 71.0 cm³/mol. The Bertz CT molecular complexity index is 412. The van der Waals surface area contributed by atoms with Crippen molar-refractivity contribution in [1.82, 2.24) is 0 Å². The first-order valence-corrected chi connectivity index (χ1v) is 6.03. The Morgan fingerprint density at radius 1 is 1.56 bits per heavy atom. The van der Waals surface area contributed by atoms with Crippen LogP contribution in [0, 0.1) is 0 Å². The molecule has 0 amide bonds. The lowest BCUT2D eigenvalue weighted by atomic mass is 10.0. The van der Waals surface area contributed by atoms with Gasteiger partial charge in [0.25, 0.3) is 0 Å². The molecule has 1 aliphatic heterocycles. The van der Waals surface area contributed by atoms with Crippen molar-refractivity contribution < 1.29 is 0 Å². The second-order valence-corrected chi connectivity index (χ2v) is 4.59. The Morgan fingerprint density at radius 3 is 3.12 bits per heavy atom. The third-order valence-electron chi connectivity index (χ3n) is 2.94. The molecule has 0 spiro atoms. The van der Waals surface area contributed by atoms with E-state index in [2.05, 4.69) is 24.0 Å². The molecule has 0 aliphatic carbocycles. The van der Waals surface area contributed by atoms with Crippen LogP contribution < -0.4 is 10.6 Å². The fraction of sp³-hybridized carbons (Fsp3) is 0.385. The number of halogens is 1. The third kappa shape index (κ3) is 2.33. The van der Waals surface area contributed by atoms with E-state index < -0.39 is 0 Å². The first-order valence-electron chi connectivity index (χ1n) is 5.60. The van der Waals surface area contributed by atoms with Crippen molar-refractivity contribution in [2.75, 3.05) is 23.7 Å². The number of hydrogen-bond donors (Lipinski definition) is 1. The Morgan fingerprint density at radius 2 is 2.38 bits per heavy atom. The number of nitrogen functional groups attached to an aromatic ring is 1. The molecule has 1 aromatic carbocycles. The van der Waals surface area contributed by atoms with Crippen molar-refractivity contribution in [2.24, 2.45) is 0 Å². The number of rotatable bonds is 2. The highest BCUT2D eigenvalue weighted by molar-refractivity contribution is 6.25. The molecule has 1 heterocycles. The molecule has 0 saturated heterocycles. The molecule has 86 valence electrons. The van der Waals surface area contributed by atoms with E-state index in [0.717, 1.165) is 25.2 Å². The van der Waals surface area contributed by atoms with Crippen LogP contribution in [0.2, 0.25) is 0 Å². The predicted octanol–water partition coefficient (Wildman–Crippen LogP) is 3.16. The molecule has 0 saturated carbocycles. The summed E-state index contributed by atoms with van der Waals surface area (Å²) in [5.41, 5.74) is 12.2. The molecule has 2 N–H and O–H groups in total. The maximum absolute atomic E-state index is 5.80. The molecule has 0 atom stereocenters. The van der Waals surface area contributed by atoms with Crippen molar-refractivity contribution >= 4 is 23.0 Å². The highest BCUT2D eigenvalue weighted by Gasteiger charge is 2.16. The molecule has 1 aromatic rings. The molecule has 0 radical (unpaired) electrons. The minimum atomic E-state index is 0.852. The first-order chi connectivity index (χ1) is 7.70. The van der Waals surface area contributed by atoms with E-state index in [0.29, 0.717) is 0 Å². The van der Waals surface area contributed by atoms with Gasteiger partial charge in [0.05, 0.1) is 0 Å². The maximum Gasteiger partial charge on any atom is 0.0403 e. The van der Waals surface area contributed by atoms with Crippen LogP contribution in [0.3, 0.4) is 0 Å². The van der Waals surface area contributed by atoms with Gasteiger partial charge in [-0.3, -0.25) is 0 Å². The molecule has 0 unspecified atom stereocenters. The number of fused-ring (bicyclic) bond motifs is 1. The van der Waals surface area contributed by atoms with Crippen molar-refractivity contribution in [2.45, 2.75) is 19.8 Å². The SMILES string of the molecule is C/C(=C/Cl)CN1CCCc2cc(N)ccc21. The van der Waals surface area contributed by atoms with Crippen LogP contribution in [-0.4, -0.2) is 13.1 Å². The summed E-state index contributed by atoms with van der Waals surface area (Å²) in [6.45, 7) is 4.05. The molecule has 2 rings (SSSR count). The van der Waals surface area contributed by atoms with Gasteiger partial charge in [-0.1, -0.05) is 11.6 Å². The minimum absolute atomic E-state index is 0.852. The summed E-state index contributed by atoms with van der Waals surface area (Å²) in [6.07, 6.45) is 2.31. The number of anilines is 2. The number of hydrogen-bond acceptors (Lipinski definition) is 2. The topological polar surface area (TPSA) is 29.3 Å². The van der Waals surface area contributed by atoms with Crippen LogP contribution in [0.1, 0.15) is 18.9 Å². The number of benzene rings is 1. The van der Waals surface area contributed by atoms with E-state index >= 15 is 0 Å². The molecule has 0 aromatic heterocycles. The van der Waals surface area contributed by atoms with Gasteiger partial charge >= 0.3 is 0 Å². The lowest BCUT2D eigenvalue weighted by Gasteiger charge is -2.31. The van der Waals surface area contributed by atoms with Crippen LogP contribution >= 0.6 is 11.6 Å². The fourth-order valence-electron chi connectivity index (χ4n) is 2.19. The lowest BCUT2D eigenvalue weighted by Crippen LogP contribution is -2.30. The van der Waals surface area contributed by atoms with Crippen LogP contribution in [-0.2, 0) is 6.42 Å². The van der Waals surface area contributed by atoms with E-state index in [4.69, 9.17) is 17.3 Å². The van der Waals surface area contributed by atoms with Crippen LogP contribution in [0.25, 0.3) is 0 Å². The molecule has 3 heteroatoms. The Labute approximate surface area is 102 Å². The van der Waals surface area contributed by atoms with Gasteiger partial charge in [-0.2, -0.15) is 0 Å². The highest BCUT2D eigenvalue weighted by atomic mass is 35.5. The van der Waals surface area contributed by atoms with Crippen LogP contribution in [0.5, 0.6) is 0 Å². The van der Waals surface area contributed by atoms with Gasteiger partial charge < -0.3 is 10.6 Å². The van der Waals surface area contributed by atoms with Gasteiger partial charge in [-0.25, -0.2) is 0 Å². The maximum atomic E-state index is 5.80. The second kappa shape index (κ2) is 4.79. The zero-order valence-electron chi connectivity index (χ0n) is 9.54. The van der Waals surface area contributed by atoms with Crippen molar-refractivity contribution in [3.05, 3.63) is 34.9 Å². The zero-order valence-corrected chi connectivity index (χ0v) is 10.3. The van der Waals surface area contributed by atoms with Gasteiger partial charge in [-0.05, 0) is 49.1 Å². The number of nitrogens with zero attached hydrogens (tertiary/aromatic N) is 1. The van der Waals surface area contributed by atoms with E-state index in [-0.39, 0.29) is 0 Å². The molecular weight excluding hydrogens is 220 g/mol. The lowest BCUT2D eigenvalue weighted by molar-refractivity contribution is 0.714. The van der Waals surface area contributed by atoms with Crippen LogP contribution in [0.15, 0.2) is 29.3 Å².